The number of rotatable bonds is 0. The van der Waals surface area contributed by atoms with E-state index in [0.717, 1.165) is 48.8 Å². The highest BCUT2D eigenvalue weighted by Gasteiger charge is 2.29. The summed E-state index contributed by atoms with van der Waals surface area (Å²) in [5.74, 6) is 1.66. The molecule has 1 amide bonds. The molecule has 25 heavy (non-hydrogen) atoms. The van der Waals surface area contributed by atoms with Crippen molar-refractivity contribution in [3.8, 4) is 0 Å². The minimum absolute atomic E-state index is 0.0734. The molecular formula is C17H23N7O. The maximum atomic E-state index is 12.3. The van der Waals surface area contributed by atoms with Gasteiger partial charge in [-0.2, -0.15) is 5.10 Å². The standard InChI is InChI=1S/C17H23N7O/c1-24-14-4-3-7-18-17(25)12-8-11(9-19-12)21-15-5-2-6-16(23-15)22-13(14)10-20-24/h2,5-6,10-12,19H,3-4,7-9H2,1H3,(H,18,25)(H2,21,22,23)/t11-,12-/m0/s1. The highest BCUT2D eigenvalue weighted by molar-refractivity contribution is 5.82. The van der Waals surface area contributed by atoms with Crippen LogP contribution in [0.2, 0.25) is 0 Å². The number of carbonyl (C=O) groups excluding carboxylic acids is 1. The number of anilines is 3. The van der Waals surface area contributed by atoms with Gasteiger partial charge in [-0.15, -0.1) is 0 Å². The van der Waals surface area contributed by atoms with Crippen molar-refractivity contribution in [1.82, 2.24) is 25.4 Å². The first-order valence-corrected chi connectivity index (χ1v) is 8.71. The highest BCUT2D eigenvalue weighted by atomic mass is 16.2. The van der Waals surface area contributed by atoms with E-state index in [9.17, 15) is 4.79 Å². The lowest BCUT2D eigenvalue weighted by atomic mass is 10.1. The zero-order chi connectivity index (χ0) is 17.2. The summed E-state index contributed by atoms with van der Waals surface area (Å²) in [6, 6.07) is 5.91. The third-order valence-corrected chi connectivity index (χ3v) is 4.76. The zero-order valence-corrected chi connectivity index (χ0v) is 14.2. The quantitative estimate of drug-likeness (QED) is 0.565. The van der Waals surface area contributed by atoms with Gasteiger partial charge in [-0.05, 0) is 31.4 Å². The largest absolute Gasteiger partial charge is 0.366 e. The maximum absolute atomic E-state index is 12.3. The number of aryl methyl sites for hydroxylation is 1. The molecule has 8 heteroatoms. The Morgan fingerprint density at radius 1 is 1.28 bits per heavy atom. The topological polar surface area (TPSA) is 95.9 Å². The molecule has 1 saturated heterocycles. The van der Waals surface area contributed by atoms with Crippen molar-refractivity contribution in [2.24, 2.45) is 7.05 Å². The van der Waals surface area contributed by atoms with Crippen molar-refractivity contribution < 1.29 is 4.79 Å². The SMILES string of the molecule is Cn1ncc2c1CCCNC(=O)[C@@H]1C[C@@H](CN1)Nc1cccc(n1)N2. The molecule has 0 unspecified atom stereocenters. The smallest absolute Gasteiger partial charge is 0.237 e. The Bertz CT molecular complexity index is 772. The van der Waals surface area contributed by atoms with E-state index in [1.165, 1.54) is 0 Å². The van der Waals surface area contributed by atoms with E-state index in [4.69, 9.17) is 0 Å². The molecule has 4 rings (SSSR count). The number of nitrogens with zero attached hydrogens (tertiary/aromatic N) is 3. The van der Waals surface area contributed by atoms with Gasteiger partial charge in [0.25, 0.3) is 0 Å². The molecule has 2 aliphatic rings. The number of pyridine rings is 1. The summed E-state index contributed by atoms with van der Waals surface area (Å²) in [4.78, 5) is 16.9. The third-order valence-electron chi connectivity index (χ3n) is 4.76. The predicted octanol–water partition coefficient (Wildman–Crippen LogP) is 0.764. The molecular weight excluding hydrogens is 318 g/mol. The molecule has 2 aromatic heterocycles. The van der Waals surface area contributed by atoms with Crippen LogP contribution in [0.5, 0.6) is 0 Å². The summed E-state index contributed by atoms with van der Waals surface area (Å²) in [7, 11) is 1.93. The summed E-state index contributed by atoms with van der Waals surface area (Å²) >= 11 is 0. The number of amides is 1. The van der Waals surface area contributed by atoms with Crippen LogP contribution in [-0.2, 0) is 18.3 Å². The molecule has 2 aromatic rings. The molecule has 1 fully saturated rings. The zero-order valence-electron chi connectivity index (χ0n) is 14.2. The van der Waals surface area contributed by atoms with Crippen molar-refractivity contribution in [2.75, 3.05) is 23.7 Å². The molecule has 0 radical (unpaired) electrons. The summed E-state index contributed by atoms with van der Waals surface area (Å²) in [6.07, 6.45) is 4.27. The van der Waals surface area contributed by atoms with Gasteiger partial charge in [0.05, 0.1) is 23.6 Å². The highest BCUT2D eigenvalue weighted by Crippen LogP contribution is 2.22. The van der Waals surface area contributed by atoms with Crippen LogP contribution in [0.15, 0.2) is 24.4 Å². The summed E-state index contributed by atoms with van der Waals surface area (Å²) < 4.78 is 1.87. The Hall–Kier alpha value is -2.61. The second-order valence-electron chi connectivity index (χ2n) is 6.59. The Kier molecular flexibility index (Phi) is 4.27. The Morgan fingerprint density at radius 2 is 2.16 bits per heavy atom. The van der Waals surface area contributed by atoms with Crippen LogP contribution < -0.4 is 21.3 Å². The van der Waals surface area contributed by atoms with Crippen LogP contribution in [-0.4, -0.2) is 45.8 Å². The van der Waals surface area contributed by atoms with E-state index >= 15 is 0 Å². The fourth-order valence-corrected chi connectivity index (χ4v) is 3.43. The number of hydrogen-bond acceptors (Lipinski definition) is 6. The molecule has 4 N–H and O–H groups in total. The van der Waals surface area contributed by atoms with Crippen molar-refractivity contribution in [3.63, 3.8) is 0 Å². The van der Waals surface area contributed by atoms with E-state index < -0.39 is 0 Å². The van der Waals surface area contributed by atoms with E-state index in [0.29, 0.717) is 6.54 Å². The van der Waals surface area contributed by atoms with Crippen LogP contribution in [0.25, 0.3) is 0 Å². The van der Waals surface area contributed by atoms with Crippen LogP contribution in [0.4, 0.5) is 17.3 Å². The monoisotopic (exact) mass is 341 g/mol. The lowest BCUT2D eigenvalue weighted by Crippen LogP contribution is -2.40. The van der Waals surface area contributed by atoms with Gasteiger partial charge in [0.2, 0.25) is 5.91 Å². The lowest BCUT2D eigenvalue weighted by Gasteiger charge is -2.14. The number of nitrogens with one attached hydrogen (secondary N) is 4. The second-order valence-corrected chi connectivity index (χ2v) is 6.59. The first kappa shape index (κ1) is 15.9. The first-order valence-electron chi connectivity index (χ1n) is 8.71. The van der Waals surface area contributed by atoms with E-state index in [-0.39, 0.29) is 18.0 Å². The Balaban J connectivity index is 1.62. The van der Waals surface area contributed by atoms with Crippen LogP contribution in [0.3, 0.4) is 0 Å². The minimum atomic E-state index is -0.142. The number of hydrogen-bond donors (Lipinski definition) is 4. The van der Waals surface area contributed by atoms with E-state index in [2.05, 4.69) is 31.3 Å². The summed E-state index contributed by atoms with van der Waals surface area (Å²) in [6.45, 7) is 1.41. The van der Waals surface area contributed by atoms with Gasteiger partial charge in [-0.25, -0.2) is 4.98 Å². The van der Waals surface area contributed by atoms with Crippen molar-refractivity contribution >= 4 is 23.2 Å². The van der Waals surface area contributed by atoms with Gasteiger partial charge in [0.15, 0.2) is 0 Å². The van der Waals surface area contributed by atoms with Crippen molar-refractivity contribution in [2.45, 2.75) is 31.3 Å². The molecule has 2 aliphatic heterocycles. The number of fused-ring (bicyclic) bond motifs is 5. The normalized spacial score (nSPS) is 23.5. The molecule has 0 spiro atoms. The lowest BCUT2D eigenvalue weighted by molar-refractivity contribution is -0.122. The van der Waals surface area contributed by atoms with Crippen molar-refractivity contribution in [1.29, 1.82) is 0 Å². The second kappa shape index (κ2) is 6.72. The number of aromatic nitrogens is 3. The van der Waals surface area contributed by atoms with Crippen molar-refractivity contribution in [3.05, 3.63) is 30.1 Å². The molecule has 0 aromatic carbocycles. The third kappa shape index (κ3) is 3.43. The molecule has 8 nitrogen and oxygen atoms in total. The summed E-state index contributed by atoms with van der Waals surface area (Å²) in [5, 5.41) is 17.4. The molecule has 0 saturated carbocycles. The van der Waals surface area contributed by atoms with Gasteiger partial charge < -0.3 is 21.3 Å². The van der Waals surface area contributed by atoms with Gasteiger partial charge in [0.1, 0.15) is 11.6 Å². The van der Waals surface area contributed by atoms with Gasteiger partial charge in [-0.1, -0.05) is 6.07 Å². The van der Waals surface area contributed by atoms with Crippen LogP contribution in [0, 0.1) is 0 Å². The van der Waals surface area contributed by atoms with Crippen LogP contribution >= 0.6 is 0 Å². The number of carbonyl (C=O) groups is 1. The average Bonchev–Trinajstić information content (AvgIpc) is 3.19. The minimum Gasteiger partial charge on any atom is -0.366 e. The molecule has 4 bridgehead atoms. The van der Waals surface area contributed by atoms with E-state index in [1.807, 2.05) is 36.1 Å². The van der Waals surface area contributed by atoms with E-state index in [1.54, 1.807) is 0 Å². The Labute approximate surface area is 146 Å². The first-order chi connectivity index (χ1) is 12.2. The van der Waals surface area contributed by atoms with Gasteiger partial charge >= 0.3 is 0 Å². The Morgan fingerprint density at radius 3 is 3.08 bits per heavy atom. The molecule has 2 atom stereocenters. The molecule has 132 valence electrons. The average molecular weight is 341 g/mol. The summed E-state index contributed by atoms with van der Waals surface area (Å²) in [5.41, 5.74) is 2.06. The van der Waals surface area contributed by atoms with Gasteiger partial charge in [-0.3, -0.25) is 9.48 Å². The van der Waals surface area contributed by atoms with Gasteiger partial charge in [0, 0.05) is 26.2 Å². The fourth-order valence-electron chi connectivity index (χ4n) is 3.43. The maximum Gasteiger partial charge on any atom is 0.237 e. The predicted molar refractivity (Wildman–Crippen MR) is 95.9 cm³/mol. The molecule has 4 heterocycles. The fraction of sp³-hybridized carbons (Fsp3) is 0.471. The van der Waals surface area contributed by atoms with Crippen LogP contribution in [0.1, 0.15) is 18.5 Å². The molecule has 0 aliphatic carbocycles.